The van der Waals surface area contributed by atoms with E-state index in [-0.39, 0.29) is 0 Å². The predicted molar refractivity (Wildman–Crippen MR) is 105 cm³/mol. The summed E-state index contributed by atoms with van der Waals surface area (Å²) in [7, 11) is 2.03. The van der Waals surface area contributed by atoms with Crippen LogP contribution in [-0.2, 0) is 4.84 Å². The third kappa shape index (κ3) is 4.62. The molecule has 0 unspecified atom stereocenters. The molecule has 0 amide bonds. The van der Waals surface area contributed by atoms with Crippen molar-refractivity contribution in [3.8, 4) is 0 Å². The molecule has 4 heteroatoms. The Hall–Kier alpha value is -1.84. The number of benzene rings is 1. The Morgan fingerprint density at radius 2 is 1.84 bits per heavy atom. The zero-order valence-corrected chi connectivity index (χ0v) is 16.2. The standard InChI is InChI=1S/C21H31N3O/c1-6-24(5)13-22-20-12-14(2)19(11-15(20)3)16(4)23-25-21(17-7-8-17)18-9-10-18/h11-13,17-18,21H,6-10H2,1-5H3. The number of oxime groups is 1. The third-order valence-corrected chi connectivity index (χ3v) is 5.31. The van der Waals surface area contributed by atoms with Crippen LogP contribution in [0.4, 0.5) is 5.69 Å². The van der Waals surface area contributed by atoms with E-state index >= 15 is 0 Å². The fourth-order valence-corrected chi connectivity index (χ4v) is 3.17. The minimum Gasteiger partial charge on any atom is -0.392 e. The molecule has 0 radical (unpaired) electrons. The second-order valence-corrected chi connectivity index (χ2v) is 7.69. The van der Waals surface area contributed by atoms with Gasteiger partial charge >= 0.3 is 0 Å². The Kier molecular flexibility index (Phi) is 5.45. The molecule has 0 aromatic heterocycles. The van der Waals surface area contributed by atoms with Gasteiger partial charge in [0.2, 0.25) is 0 Å². The van der Waals surface area contributed by atoms with E-state index in [2.05, 4.69) is 48.0 Å². The van der Waals surface area contributed by atoms with E-state index in [1.54, 1.807) is 0 Å². The van der Waals surface area contributed by atoms with Gasteiger partial charge in [-0.1, -0.05) is 5.16 Å². The molecular formula is C21H31N3O. The van der Waals surface area contributed by atoms with E-state index < -0.39 is 0 Å². The topological polar surface area (TPSA) is 37.2 Å². The molecule has 0 atom stereocenters. The Balaban J connectivity index is 1.73. The fourth-order valence-electron chi connectivity index (χ4n) is 3.17. The van der Waals surface area contributed by atoms with Gasteiger partial charge in [0.05, 0.1) is 17.7 Å². The van der Waals surface area contributed by atoms with Crippen molar-refractivity contribution >= 4 is 17.7 Å². The van der Waals surface area contributed by atoms with Crippen molar-refractivity contribution in [3.63, 3.8) is 0 Å². The van der Waals surface area contributed by atoms with Crippen LogP contribution in [0.1, 0.15) is 56.2 Å². The molecule has 0 heterocycles. The van der Waals surface area contributed by atoms with Crippen LogP contribution in [0, 0.1) is 25.7 Å². The van der Waals surface area contributed by atoms with Gasteiger partial charge in [-0.3, -0.25) is 0 Å². The lowest BCUT2D eigenvalue weighted by Gasteiger charge is -2.15. The summed E-state index contributed by atoms with van der Waals surface area (Å²) in [5.41, 5.74) is 5.50. The largest absolute Gasteiger partial charge is 0.392 e. The Morgan fingerprint density at radius 1 is 1.20 bits per heavy atom. The summed E-state index contributed by atoms with van der Waals surface area (Å²) in [6, 6.07) is 4.32. The van der Waals surface area contributed by atoms with Gasteiger partial charge in [0.15, 0.2) is 0 Å². The van der Waals surface area contributed by atoms with E-state index in [4.69, 9.17) is 4.84 Å². The molecule has 2 aliphatic carbocycles. The van der Waals surface area contributed by atoms with Crippen molar-refractivity contribution in [1.29, 1.82) is 0 Å². The molecule has 2 aliphatic rings. The number of nitrogens with zero attached hydrogens (tertiary/aromatic N) is 3. The van der Waals surface area contributed by atoms with Crippen LogP contribution in [0.3, 0.4) is 0 Å². The molecular weight excluding hydrogens is 310 g/mol. The van der Waals surface area contributed by atoms with Crippen LogP contribution in [0.15, 0.2) is 22.3 Å². The van der Waals surface area contributed by atoms with Gasteiger partial charge in [-0.2, -0.15) is 0 Å². The number of aliphatic imine (C=N–C) groups is 1. The SMILES string of the molecule is CCN(C)C=Nc1cc(C)c(C(C)=NOC(C2CC2)C2CC2)cc1C. The van der Waals surface area contributed by atoms with E-state index in [1.165, 1.54) is 31.2 Å². The molecule has 2 fully saturated rings. The minimum absolute atomic E-state index is 0.352. The second kappa shape index (κ2) is 7.59. The van der Waals surface area contributed by atoms with Gasteiger partial charge in [-0.05, 0) is 88.5 Å². The van der Waals surface area contributed by atoms with Crippen molar-refractivity contribution in [2.45, 2.75) is 59.5 Å². The summed E-state index contributed by atoms with van der Waals surface area (Å²) >= 11 is 0. The first-order valence-electron chi connectivity index (χ1n) is 9.56. The third-order valence-electron chi connectivity index (χ3n) is 5.31. The molecule has 0 spiro atoms. The highest BCUT2D eigenvalue weighted by molar-refractivity contribution is 6.00. The lowest BCUT2D eigenvalue weighted by molar-refractivity contribution is 0.0275. The molecule has 0 aliphatic heterocycles. The highest BCUT2D eigenvalue weighted by atomic mass is 16.6. The zero-order chi connectivity index (χ0) is 18.0. The van der Waals surface area contributed by atoms with E-state index in [9.17, 15) is 0 Å². The average Bonchev–Trinajstić information content (AvgIpc) is 3.48. The lowest BCUT2D eigenvalue weighted by atomic mass is 10.0. The van der Waals surface area contributed by atoms with Crippen LogP contribution < -0.4 is 0 Å². The van der Waals surface area contributed by atoms with Crippen LogP contribution in [0.5, 0.6) is 0 Å². The van der Waals surface area contributed by atoms with Gasteiger partial charge in [-0.15, -0.1) is 0 Å². The molecule has 1 aromatic rings. The number of aryl methyl sites for hydroxylation is 2. The maximum absolute atomic E-state index is 5.98. The molecule has 0 N–H and O–H groups in total. The molecule has 4 nitrogen and oxygen atoms in total. The maximum Gasteiger partial charge on any atom is 0.133 e. The van der Waals surface area contributed by atoms with Crippen LogP contribution in [0.25, 0.3) is 0 Å². The summed E-state index contributed by atoms with van der Waals surface area (Å²) < 4.78 is 0. The summed E-state index contributed by atoms with van der Waals surface area (Å²) in [4.78, 5) is 12.6. The first-order chi connectivity index (χ1) is 12.0. The molecule has 0 bridgehead atoms. The molecule has 25 heavy (non-hydrogen) atoms. The number of rotatable bonds is 8. The minimum atomic E-state index is 0.352. The van der Waals surface area contributed by atoms with Crippen molar-refractivity contribution in [3.05, 3.63) is 28.8 Å². The normalized spacial score (nSPS) is 18.2. The van der Waals surface area contributed by atoms with Gasteiger partial charge < -0.3 is 9.74 Å². The number of hydrogen-bond acceptors (Lipinski definition) is 3. The van der Waals surface area contributed by atoms with Crippen molar-refractivity contribution in [2.75, 3.05) is 13.6 Å². The van der Waals surface area contributed by atoms with Gasteiger partial charge in [0.1, 0.15) is 6.10 Å². The van der Waals surface area contributed by atoms with Gasteiger partial charge in [0.25, 0.3) is 0 Å². The first kappa shape index (κ1) is 18.0. The summed E-state index contributed by atoms with van der Waals surface area (Å²) in [6.45, 7) is 9.34. The van der Waals surface area contributed by atoms with Gasteiger partial charge in [-0.25, -0.2) is 4.99 Å². The van der Waals surface area contributed by atoms with E-state index in [1.807, 2.05) is 20.3 Å². The highest BCUT2D eigenvalue weighted by Crippen LogP contribution is 2.46. The Morgan fingerprint density at radius 3 is 2.40 bits per heavy atom. The smallest absolute Gasteiger partial charge is 0.133 e. The molecule has 2 saturated carbocycles. The fraction of sp³-hybridized carbons (Fsp3) is 0.619. The molecule has 0 saturated heterocycles. The lowest BCUT2D eigenvalue weighted by Crippen LogP contribution is -2.16. The molecule has 1 aromatic carbocycles. The van der Waals surface area contributed by atoms with E-state index in [0.29, 0.717) is 6.10 Å². The van der Waals surface area contributed by atoms with Crippen LogP contribution >= 0.6 is 0 Å². The number of hydrogen-bond donors (Lipinski definition) is 0. The van der Waals surface area contributed by atoms with Crippen molar-refractivity contribution in [1.82, 2.24) is 4.90 Å². The Bertz CT molecular complexity index is 660. The molecule has 136 valence electrons. The van der Waals surface area contributed by atoms with Crippen LogP contribution in [-0.4, -0.2) is 36.6 Å². The van der Waals surface area contributed by atoms with Crippen molar-refractivity contribution in [2.24, 2.45) is 22.0 Å². The molecule has 3 rings (SSSR count). The maximum atomic E-state index is 5.98. The summed E-state index contributed by atoms with van der Waals surface area (Å²) in [5, 5.41) is 4.51. The van der Waals surface area contributed by atoms with Crippen LogP contribution in [0.2, 0.25) is 0 Å². The van der Waals surface area contributed by atoms with Gasteiger partial charge in [0, 0.05) is 19.2 Å². The summed E-state index contributed by atoms with van der Waals surface area (Å²) in [5.74, 6) is 1.50. The summed E-state index contributed by atoms with van der Waals surface area (Å²) in [6.07, 6.45) is 7.49. The van der Waals surface area contributed by atoms with E-state index in [0.717, 1.165) is 40.9 Å². The average molecular weight is 341 g/mol. The first-order valence-corrected chi connectivity index (χ1v) is 9.56. The Labute approximate surface area is 152 Å². The monoisotopic (exact) mass is 341 g/mol. The zero-order valence-electron chi connectivity index (χ0n) is 16.2. The van der Waals surface area contributed by atoms with Crippen molar-refractivity contribution < 1.29 is 4.84 Å². The quantitative estimate of drug-likeness (QED) is 0.385. The second-order valence-electron chi connectivity index (χ2n) is 7.69. The highest BCUT2D eigenvalue weighted by Gasteiger charge is 2.43. The predicted octanol–water partition coefficient (Wildman–Crippen LogP) is 4.84.